The number of thiazole rings is 1. The Bertz CT molecular complexity index is 1460. The maximum atomic E-state index is 13.4. The second-order valence-corrected chi connectivity index (χ2v) is 8.80. The molecule has 1 unspecified atom stereocenters. The highest BCUT2D eigenvalue weighted by molar-refractivity contribution is 7.17. The first-order valence-electron chi connectivity index (χ1n) is 10.7. The molecule has 1 aromatic heterocycles. The van der Waals surface area contributed by atoms with E-state index in [1.807, 2.05) is 0 Å². The number of aliphatic hydroxyl groups is 1. The van der Waals surface area contributed by atoms with Gasteiger partial charge in [-0.15, -0.1) is 0 Å². The Balaban J connectivity index is 1.89. The minimum Gasteiger partial charge on any atom is -0.507 e. The first kappa shape index (κ1) is 25.4. The fourth-order valence-corrected chi connectivity index (χ4v) is 4.75. The highest BCUT2D eigenvalue weighted by Gasteiger charge is 2.48. The van der Waals surface area contributed by atoms with Crippen molar-refractivity contribution >= 4 is 45.6 Å². The zero-order valence-corrected chi connectivity index (χ0v) is 20.0. The number of esters is 1. The molecule has 0 aliphatic carbocycles. The molecule has 1 aliphatic rings. The number of hydrogen-bond donors (Lipinski definition) is 1. The molecule has 188 valence electrons. The topological polar surface area (TPSA) is 140 Å². The zero-order chi connectivity index (χ0) is 26.9. The molecule has 10 nitrogen and oxygen atoms in total. The molecule has 1 fully saturated rings. The lowest BCUT2D eigenvalue weighted by Crippen LogP contribution is -2.29. The Labute approximate surface area is 213 Å². The summed E-state index contributed by atoms with van der Waals surface area (Å²) in [5.74, 6) is -3.92. The molecule has 2 heterocycles. The number of nitro benzene ring substituents is 1. The fourth-order valence-electron chi connectivity index (χ4n) is 3.76. The Morgan fingerprint density at radius 2 is 1.89 bits per heavy atom. The monoisotopic (exact) mass is 523 g/mol. The van der Waals surface area contributed by atoms with Crippen molar-refractivity contribution < 1.29 is 33.5 Å². The number of amides is 1. The molecule has 12 heteroatoms. The van der Waals surface area contributed by atoms with Crippen LogP contribution >= 0.6 is 11.3 Å². The number of non-ortho nitro benzene ring substituents is 1. The van der Waals surface area contributed by atoms with E-state index in [9.17, 15) is 34.0 Å². The number of ether oxygens (including phenoxy) is 1. The van der Waals surface area contributed by atoms with Crippen LogP contribution in [-0.2, 0) is 14.3 Å². The third-order valence-electron chi connectivity index (χ3n) is 5.49. The molecule has 37 heavy (non-hydrogen) atoms. The number of carbonyl (C=O) groups excluding carboxylic acids is 3. The van der Waals surface area contributed by atoms with Crippen molar-refractivity contribution in [2.75, 3.05) is 11.5 Å². The number of Topliss-reactive ketones (excluding diaryl/α,β-unsaturated/α-hetero) is 1. The molecule has 1 saturated heterocycles. The molecule has 2 aromatic carbocycles. The smallest absolute Gasteiger partial charge is 0.350 e. The predicted octanol–water partition coefficient (Wildman–Crippen LogP) is 4.47. The maximum Gasteiger partial charge on any atom is 0.350 e. The quantitative estimate of drug-likeness (QED) is 0.0910. The number of aromatic nitrogens is 1. The van der Waals surface area contributed by atoms with Gasteiger partial charge in [-0.1, -0.05) is 24.0 Å². The van der Waals surface area contributed by atoms with Crippen LogP contribution < -0.4 is 4.90 Å². The van der Waals surface area contributed by atoms with Crippen molar-refractivity contribution in [2.45, 2.75) is 13.0 Å². The van der Waals surface area contributed by atoms with Gasteiger partial charge < -0.3 is 9.84 Å². The highest BCUT2D eigenvalue weighted by Crippen LogP contribution is 2.44. The van der Waals surface area contributed by atoms with Crippen molar-refractivity contribution in [2.24, 2.45) is 0 Å². The van der Waals surface area contributed by atoms with Crippen LogP contribution in [0.1, 0.15) is 32.5 Å². The number of ketones is 1. The van der Waals surface area contributed by atoms with Gasteiger partial charge in [0.25, 0.3) is 11.5 Å². The number of rotatable bonds is 7. The third-order valence-corrected chi connectivity index (χ3v) is 6.63. The molecule has 0 spiro atoms. The van der Waals surface area contributed by atoms with Crippen LogP contribution in [0.4, 0.5) is 15.2 Å². The molecule has 4 rings (SSSR count). The second kappa shape index (κ2) is 10.1. The number of anilines is 1. The summed E-state index contributed by atoms with van der Waals surface area (Å²) in [6, 6.07) is 8.48. The van der Waals surface area contributed by atoms with Crippen LogP contribution in [0.2, 0.25) is 0 Å². The van der Waals surface area contributed by atoms with Crippen LogP contribution in [-0.4, -0.2) is 39.3 Å². The summed E-state index contributed by atoms with van der Waals surface area (Å²) >= 11 is 0.810. The van der Waals surface area contributed by atoms with Gasteiger partial charge in [0.15, 0.2) is 5.13 Å². The van der Waals surface area contributed by atoms with Crippen LogP contribution in [0, 0.1) is 22.9 Å². The summed E-state index contributed by atoms with van der Waals surface area (Å²) in [6.45, 7) is 4.96. The van der Waals surface area contributed by atoms with Crippen LogP contribution in [0.15, 0.2) is 66.8 Å². The van der Waals surface area contributed by atoms with E-state index in [1.165, 1.54) is 49.4 Å². The lowest BCUT2D eigenvalue weighted by atomic mass is 9.95. The molecule has 1 amide bonds. The molecule has 1 N–H and O–H groups in total. The van der Waals surface area contributed by atoms with Gasteiger partial charge >= 0.3 is 11.9 Å². The third kappa shape index (κ3) is 4.74. The van der Waals surface area contributed by atoms with E-state index in [-0.39, 0.29) is 44.7 Å². The molecule has 1 aliphatic heterocycles. The Kier molecular flexibility index (Phi) is 6.94. The molecule has 0 radical (unpaired) electrons. The van der Waals surface area contributed by atoms with Crippen molar-refractivity contribution in [3.63, 3.8) is 0 Å². The second-order valence-electron chi connectivity index (χ2n) is 7.82. The van der Waals surface area contributed by atoms with E-state index in [1.54, 1.807) is 0 Å². The van der Waals surface area contributed by atoms with E-state index < -0.39 is 40.2 Å². The highest BCUT2D eigenvalue weighted by atomic mass is 32.1. The summed E-state index contributed by atoms with van der Waals surface area (Å²) in [4.78, 5) is 54.8. The van der Waals surface area contributed by atoms with Gasteiger partial charge in [0.2, 0.25) is 0 Å². The Hall–Kier alpha value is -4.71. The maximum absolute atomic E-state index is 13.4. The minimum absolute atomic E-state index is 0.0216. The first-order chi connectivity index (χ1) is 17.6. The number of halogens is 1. The van der Waals surface area contributed by atoms with Crippen LogP contribution in [0.25, 0.3) is 5.76 Å². The Morgan fingerprint density at radius 3 is 2.49 bits per heavy atom. The summed E-state index contributed by atoms with van der Waals surface area (Å²) in [5.41, 5.74) is 0.0371. The molecule has 0 saturated carbocycles. The SMILES string of the molecule is C=CCOC(=O)c1sc(N2C(=O)C(=O)/C(=C(/O)c3ccc(F)cc3)C2c2ccc([N+](=O)[O-])cc2)nc1C. The van der Waals surface area contributed by atoms with Gasteiger partial charge in [-0.25, -0.2) is 14.2 Å². The van der Waals surface area contributed by atoms with Gasteiger partial charge in [-0.2, -0.15) is 0 Å². The Morgan fingerprint density at radius 1 is 1.24 bits per heavy atom. The number of aliphatic hydroxyl groups excluding tert-OH is 1. The number of hydrogen-bond acceptors (Lipinski definition) is 9. The van der Waals surface area contributed by atoms with E-state index in [0.29, 0.717) is 0 Å². The number of nitrogens with zero attached hydrogens (tertiary/aromatic N) is 3. The van der Waals surface area contributed by atoms with Crippen LogP contribution in [0.5, 0.6) is 0 Å². The van der Waals surface area contributed by atoms with Crippen LogP contribution in [0.3, 0.4) is 0 Å². The average Bonchev–Trinajstić information content (AvgIpc) is 3.39. The van der Waals surface area contributed by atoms with Crippen molar-refractivity contribution in [3.8, 4) is 0 Å². The van der Waals surface area contributed by atoms with Crippen molar-refractivity contribution in [1.29, 1.82) is 0 Å². The molecule has 0 bridgehead atoms. The van der Waals surface area contributed by atoms with Gasteiger partial charge in [0, 0.05) is 17.7 Å². The molecule has 3 aromatic rings. The van der Waals surface area contributed by atoms with E-state index >= 15 is 0 Å². The largest absolute Gasteiger partial charge is 0.507 e. The lowest BCUT2D eigenvalue weighted by molar-refractivity contribution is -0.384. The van der Waals surface area contributed by atoms with Gasteiger partial charge in [0.1, 0.15) is 23.1 Å². The van der Waals surface area contributed by atoms with E-state index in [4.69, 9.17) is 4.74 Å². The normalized spacial score (nSPS) is 16.6. The zero-order valence-electron chi connectivity index (χ0n) is 19.2. The summed E-state index contributed by atoms with van der Waals surface area (Å²) in [7, 11) is 0. The average molecular weight is 523 g/mol. The summed E-state index contributed by atoms with van der Waals surface area (Å²) in [5, 5.41) is 22.1. The van der Waals surface area contributed by atoms with Gasteiger partial charge in [0.05, 0.1) is 22.2 Å². The van der Waals surface area contributed by atoms with E-state index in [2.05, 4.69) is 11.6 Å². The molecular formula is C25H18FN3O7S. The standard InChI is InChI=1S/C25H18FN3O7S/c1-3-12-36-24(33)22-13(2)27-25(37-22)28-19(14-6-10-17(11-7-14)29(34)35)18(21(31)23(28)32)20(30)15-4-8-16(26)9-5-15/h3-11,19,30H,1,12H2,2H3/b20-18+. The van der Waals surface area contributed by atoms with Crippen molar-refractivity contribution in [1.82, 2.24) is 4.98 Å². The number of benzene rings is 2. The number of carbonyl (C=O) groups is 3. The van der Waals surface area contributed by atoms with Gasteiger partial charge in [-0.3, -0.25) is 24.6 Å². The number of aryl methyl sites for hydroxylation is 1. The summed E-state index contributed by atoms with van der Waals surface area (Å²) < 4.78 is 18.5. The number of nitro groups is 1. The molecule has 1 atom stereocenters. The van der Waals surface area contributed by atoms with Crippen molar-refractivity contribution in [3.05, 3.63) is 104 Å². The summed E-state index contributed by atoms with van der Waals surface area (Å²) in [6.07, 6.45) is 1.39. The first-order valence-corrected chi connectivity index (χ1v) is 11.5. The fraction of sp³-hybridized carbons (Fsp3) is 0.120. The molecular weight excluding hydrogens is 505 g/mol. The van der Waals surface area contributed by atoms with E-state index in [0.717, 1.165) is 28.4 Å². The predicted molar refractivity (Wildman–Crippen MR) is 132 cm³/mol. The van der Waals surface area contributed by atoms with Gasteiger partial charge in [-0.05, 0) is 48.9 Å². The minimum atomic E-state index is -1.24. The lowest BCUT2D eigenvalue weighted by Gasteiger charge is -2.22.